The fraction of sp³-hybridized carbons (Fsp3) is 0.902. The minimum absolute atomic E-state index is 0. The Hall–Kier alpha value is -0.720. The molecule has 0 saturated carbocycles. The first-order chi connectivity index (χ1) is 40.8. The Morgan fingerprint density at radius 2 is 0.678 bits per heavy atom. The number of aliphatic hydroxyl groups excluding tert-OH is 2. The van der Waals surface area contributed by atoms with Crippen LogP contribution < -0.4 is 80.4 Å². The number of Topliss-reactive ketones (excluding diaryl/α,β-unsaturated/α-hetero) is 2. The van der Waals surface area contributed by atoms with Crippen molar-refractivity contribution in [3.05, 3.63) is 0 Å². The van der Waals surface area contributed by atoms with E-state index in [0.29, 0.717) is 38.5 Å². The van der Waals surface area contributed by atoms with Crippen molar-refractivity contribution in [2.45, 2.75) is 290 Å². The van der Waals surface area contributed by atoms with Crippen LogP contribution in [0.15, 0.2) is 0 Å². The van der Waals surface area contributed by atoms with Gasteiger partial charge in [-0.25, -0.2) is 9.13 Å². The van der Waals surface area contributed by atoms with Crippen LogP contribution in [-0.4, -0.2) is 145 Å². The summed E-state index contributed by atoms with van der Waals surface area (Å²) in [4.78, 5) is 96.8. The van der Waals surface area contributed by atoms with Crippen molar-refractivity contribution in [2.24, 2.45) is 0 Å². The van der Waals surface area contributed by atoms with E-state index in [9.17, 15) is 57.9 Å². The van der Waals surface area contributed by atoms with Crippen molar-refractivity contribution in [2.75, 3.05) is 65.9 Å². The molecule has 22 nitrogen and oxygen atoms in total. The Labute approximate surface area is 571 Å². The van der Waals surface area contributed by atoms with Gasteiger partial charge in [0.05, 0.1) is 76.8 Å². The Morgan fingerprint density at radius 1 is 0.379 bits per heavy atom. The number of phosphoric acid groups is 2. The summed E-state index contributed by atoms with van der Waals surface area (Å²) in [6.07, 6.45) is 30.1. The number of rotatable bonds is 64. The summed E-state index contributed by atoms with van der Waals surface area (Å²) in [6, 6.07) is -1.90. The summed E-state index contributed by atoms with van der Waals surface area (Å²) in [5.41, 5.74) is 0. The number of ether oxygens (including phenoxy) is 2. The van der Waals surface area contributed by atoms with Crippen LogP contribution in [0.1, 0.15) is 268 Å². The van der Waals surface area contributed by atoms with Crippen LogP contribution in [0.5, 0.6) is 0 Å². The van der Waals surface area contributed by atoms with Gasteiger partial charge in [0.15, 0.2) is 0 Å². The molecule has 0 spiro atoms. The molecule has 0 aliphatic rings. The number of unbranched alkanes of at least 4 members (excludes halogenated alkanes) is 24. The molecule has 4 unspecified atom stereocenters. The van der Waals surface area contributed by atoms with E-state index in [1.807, 2.05) is 0 Å². The number of phosphoric ester groups is 2. The smallest absolute Gasteiger partial charge is 1.00 e. The molecular formula is C61H120N4Na2O18P2. The number of nitrogens with one attached hydrogen (secondary N) is 4. The molecular weight excluding hydrogens is 1180 g/mol. The summed E-state index contributed by atoms with van der Waals surface area (Å²) >= 11 is 0. The molecule has 8 N–H and O–H groups in total. The normalized spacial score (nSPS) is 14.1. The van der Waals surface area contributed by atoms with Gasteiger partial charge >= 0.3 is 74.8 Å². The van der Waals surface area contributed by atoms with Gasteiger partial charge in [-0.1, -0.05) is 195 Å². The number of ketones is 2. The van der Waals surface area contributed by atoms with Crippen LogP contribution >= 0.6 is 15.6 Å². The zero-order valence-corrected chi connectivity index (χ0v) is 60.7. The molecule has 0 rings (SSSR count). The molecule has 0 heterocycles. The molecule has 87 heavy (non-hydrogen) atoms. The predicted molar refractivity (Wildman–Crippen MR) is 333 cm³/mol. The SMILES string of the molecule is CCCCCCCCCCCC(=O)CC(=O)NC(COCC[C@H](O)CCCCCCC)COP(=O)(O)OCCNC(=O)CC(=O)NCCOP(=O)(O)OCC(COCC[C@H](O)CCCCCCC)NC(=O)CC(=O)CCCCCCCCCCC.[H-].[H-].[Na+].[Na+]. The fourth-order valence-electron chi connectivity index (χ4n) is 9.18. The van der Waals surface area contributed by atoms with Crippen LogP contribution in [0.25, 0.3) is 0 Å². The summed E-state index contributed by atoms with van der Waals surface area (Å²) in [7, 11) is -9.50. The Bertz CT molecular complexity index is 1710. The second-order valence-corrected chi connectivity index (χ2v) is 25.5. The van der Waals surface area contributed by atoms with Crippen LogP contribution in [0.2, 0.25) is 0 Å². The molecule has 0 aliphatic heterocycles. The van der Waals surface area contributed by atoms with E-state index in [4.69, 9.17) is 27.6 Å². The molecule has 0 radical (unpaired) electrons. The predicted octanol–water partition coefficient (Wildman–Crippen LogP) is 5.10. The van der Waals surface area contributed by atoms with Gasteiger partial charge in [0.25, 0.3) is 0 Å². The third-order valence-corrected chi connectivity index (χ3v) is 16.2. The Kier molecular flexibility index (Phi) is 65.2. The van der Waals surface area contributed by atoms with Crippen LogP contribution in [0.3, 0.4) is 0 Å². The first-order valence-electron chi connectivity index (χ1n) is 32.8. The topological polar surface area (TPSA) is 321 Å². The maximum absolute atomic E-state index is 12.9. The first-order valence-corrected chi connectivity index (χ1v) is 35.7. The van der Waals surface area contributed by atoms with E-state index in [-0.39, 0.29) is 139 Å². The van der Waals surface area contributed by atoms with E-state index in [1.165, 1.54) is 64.2 Å². The molecule has 0 bridgehead atoms. The monoisotopic (exact) mass is 1300 g/mol. The van der Waals surface area contributed by atoms with Gasteiger partial charge in [-0.2, -0.15) is 0 Å². The molecule has 0 aromatic rings. The van der Waals surface area contributed by atoms with E-state index >= 15 is 0 Å². The van der Waals surface area contributed by atoms with Gasteiger partial charge in [-0.3, -0.25) is 46.9 Å². The largest absolute Gasteiger partial charge is 1.00 e. The van der Waals surface area contributed by atoms with E-state index in [0.717, 1.165) is 103 Å². The number of amides is 4. The van der Waals surface area contributed by atoms with Crippen LogP contribution in [0, 0.1) is 0 Å². The maximum Gasteiger partial charge on any atom is 1.00 e. The van der Waals surface area contributed by atoms with Crippen molar-refractivity contribution in [3.8, 4) is 0 Å². The maximum atomic E-state index is 12.9. The molecule has 4 amide bonds. The fourth-order valence-corrected chi connectivity index (χ4v) is 10.7. The summed E-state index contributed by atoms with van der Waals surface area (Å²) in [5.74, 6) is -3.20. The zero-order valence-electron chi connectivity index (χ0n) is 56.9. The van der Waals surface area contributed by atoms with Crippen molar-refractivity contribution in [1.29, 1.82) is 0 Å². The molecule has 0 aromatic carbocycles. The van der Waals surface area contributed by atoms with Gasteiger partial charge < -0.3 is 53.6 Å². The molecule has 0 aliphatic carbocycles. The van der Waals surface area contributed by atoms with Gasteiger partial charge in [-0.05, 0) is 38.5 Å². The van der Waals surface area contributed by atoms with Crippen molar-refractivity contribution in [1.82, 2.24) is 21.3 Å². The first kappa shape index (κ1) is 90.5. The number of aliphatic hydroxyl groups is 2. The standard InChI is InChI=1S/C61H118N4O18P2.2Na.2H/c1-5-9-13-17-19-21-23-27-31-35-56(68)45-60(72)64-52(48-78-41-37-54(66)33-29-25-15-11-7-3)50-82-84(74,75)80-43-39-62-58(70)47-59(71)63-40-44-81-85(76,77)83-51-53(49-79-42-38-55(67)34-30-26-16-12-8-4)65-61(73)46-57(69)36-32-28-24-22-20-18-14-10-6-2;;;;/h52-55,66-67H,5-51H2,1-4H3,(H,62,70)(H,63,71)(H,64,72)(H,65,73)(H,74,75)(H,76,77);;;;/q;2*+1;2*-1/t52?,53?,54-,55-;;;;/m1..../s1. The van der Waals surface area contributed by atoms with E-state index < -0.39 is 96.4 Å². The van der Waals surface area contributed by atoms with Crippen molar-refractivity contribution >= 4 is 50.8 Å². The van der Waals surface area contributed by atoms with Crippen molar-refractivity contribution in [3.63, 3.8) is 0 Å². The Balaban J connectivity index is -0.00000588. The number of hydrogen-bond acceptors (Lipinski definition) is 16. The molecule has 504 valence electrons. The second kappa shape index (κ2) is 62.7. The van der Waals surface area contributed by atoms with Gasteiger partial charge in [0, 0.05) is 39.1 Å². The summed E-state index contributed by atoms with van der Waals surface area (Å²) < 4.78 is 57.3. The summed E-state index contributed by atoms with van der Waals surface area (Å²) in [5, 5.41) is 30.8. The van der Waals surface area contributed by atoms with Gasteiger partial charge in [0.1, 0.15) is 18.0 Å². The van der Waals surface area contributed by atoms with Crippen LogP contribution in [-0.2, 0) is 65.5 Å². The molecule has 0 aromatic heterocycles. The zero-order chi connectivity index (χ0) is 63.1. The molecule has 0 saturated heterocycles. The third kappa shape index (κ3) is 62.5. The average molecular weight is 1310 g/mol. The summed E-state index contributed by atoms with van der Waals surface area (Å²) in [6.45, 7) is 5.97. The third-order valence-electron chi connectivity index (χ3n) is 14.2. The van der Waals surface area contributed by atoms with Gasteiger partial charge in [-0.15, -0.1) is 0 Å². The molecule has 26 heteroatoms. The average Bonchev–Trinajstić information content (AvgIpc) is 3.59. The second-order valence-electron chi connectivity index (χ2n) is 22.6. The minimum Gasteiger partial charge on any atom is -1.00 e. The van der Waals surface area contributed by atoms with Gasteiger partial charge in [0.2, 0.25) is 23.6 Å². The number of hydrogen-bond donors (Lipinski definition) is 8. The minimum atomic E-state index is -4.75. The Morgan fingerprint density at radius 3 is 1.00 bits per heavy atom. The van der Waals surface area contributed by atoms with Crippen molar-refractivity contribution < 1.29 is 147 Å². The number of carbonyl (C=O) groups excluding carboxylic acids is 6. The number of carbonyl (C=O) groups is 6. The van der Waals surface area contributed by atoms with Crippen LogP contribution in [0.4, 0.5) is 0 Å². The molecule has 0 fully saturated rings. The van der Waals surface area contributed by atoms with E-state index in [1.54, 1.807) is 0 Å². The quantitative estimate of drug-likeness (QED) is 0.0170. The molecule has 6 atom stereocenters. The van der Waals surface area contributed by atoms with E-state index in [2.05, 4.69) is 49.0 Å².